The largest absolute Gasteiger partial charge is 0.366 e. The van der Waals surface area contributed by atoms with E-state index in [1.165, 1.54) is 18.2 Å². The maximum absolute atomic E-state index is 12.4. The molecule has 1 amide bonds. The van der Waals surface area contributed by atoms with Gasteiger partial charge in [0.15, 0.2) is 0 Å². The van der Waals surface area contributed by atoms with Crippen molar-refractivity contribution in [2.24, 2.45) is 5.73 Å². The molecule has 0 aliphatic rings. The Bertz CT molecular complexity index is 491. The minimum Gasteiger partial charge on any atom is -0.366 e. The van der Waals surface area contributed by atoms with Crippen LogP contribution in [0.15, 0.2) is 35.2 Å². The summed E-state index contributed by atoms with van der Waals surface area (Å²) in [7, 11) is -4.67. The lowest BCUT2D eigenvalue weighted by Gasteiger charge is -1.95. The second-order valence-electron chi connectivity index (χ2n) is 2.74. The van der Waals surface area contributed by atoms with Crippen LogP contribution in [0, 0.1) is 0 Å². The van der Waals surface area contributed by atoms with Crippen LogP contribution in [0.25, 0.3) is 6.08 Å². The number of rotatable bonds is 3. The molecule has 0 unspecified atom stereocenters. The lowest BCUT2D eigenvalue weighted by Crippen LogP contribution is -2.05. The highest BCUT2D eigenvalue weighted by Crippen LogP contribution is 2.13. The third-order valence-corrected chi connectivity index (χ3v) is 2.44. The molecule has 80 valence electrons. The van der Waals surface area contributed by atoms with Crippen LogP contribution in [0.3, 0.4) is 0 Å². The maximum Gasteiger partial charge on any atom is 0.332 e. The second kappa shape index (κ2) is 4.22. The Morgan fingerprint density at radius 3 is 2.20 bits per heavy atom. The molecule has 0 aliphatic heterocycles. The molecule has 0 aromatic heterocycles. The van der Waals surface area contributed by atoms with Crippen molar-refractivity contribution in [2.45, 2.75) is 4.90 Å². The molecular weight excluding hydrogens is 221 g/mol. The van der Waals surface area contributed by atoms with Gasteiger partial charge in [0.2, 0.25) is 5.91 Å². The van der Waals surface area contributed by atoms with Crippen molar-refractivity contribution < 1.29 is 17.1 Å². The highest BCUT2D eigenvalue weighted by Gasteiger charge is 2.09. The van der Waals surface area contributed by atoms with E-state index in [0.29, 0.717) is 5.56 Å². The molecule has 1 aromatic carbocycles. The van der Waals surface area contributed by atoms with Gasteiger partial charge in [-0.25, -0.2) is 0 Å². The molecule has 0 saturated carbocycles. The van der Waals surface area contributed by atoms with Gasteiger partial charge in [-0.15, -0.1) is 3.89 Å². The number of carbonyl (C=O) groups excluding carboxylic acids is 1. The fourth-order valence-electron chi connectivity index (χ4n) is 0.920. The van der Waals surface area contributed by atoms with Crippen LogP contribution in [0.4, 0.5) is 3.89 Å². The number of hydrogen-bond acceptors (Lipinski definition) is 3. The predicted octanol–water partition coefficient (Wildman–Crippen LogP) is 0.843. The van der Waals surface area contributed by atoms with E-state index < -0.39 is 21.0 Å². The fraction of sp³-hybridized carbons (Fsp3) is 0. The fourth-order valence-corrected chi connectivity index (χ4v) is 1.38. The van der Waals surface area contributed by atoms with Gasteiger partial charge in [0, 0.05) is 6.08 Å². The van der Waals surface area contributed by atoms with Gasteiger partial charge in [-0.05, 0) is 23.8 Å². The molecule has 0 atom stereocenters. The molecule has 0 saturated heterocycles. The van der Waals surface area contributed by atoms with Crippen molar-refractivity contribution >= 4 is 22.2 Å². The average molecular weight is 229 g/mol. The van der Waals surface area contributed by atoms with E-state index in [9.17, 15) is 17.1 Å². The number of halogens is 1. The normalized spacial score (nSPS) is 11.8. The van der Waals surface area contributed by atoms with E-state index in [1.54, 1.807) is 0 Å². The van der Waals surface area contributed by atoms with Crippen LogP contribution >= 0.6 is 0 Å². The van der Waals surface area contributed by atoms with E-state index in [1.807, 2.05) is 0 Å². The maximum atomic E-state index is 12.4. The number of carbonyl (C=O) groups is 1. The van der Waals surface area contributed by atoms with Gasteiger partial charge >= 0.3 is 10.2 Å². The van der Waals surface area contributed by atoms with Gasteiger partial charge in [-0.2, -0.15) is 8.42 Å². The van der Waals surface area contributed by atoms with E-state index in [-0.39, 0.29) is 0 Å². The summed E-state index contributed by atoms with van der Waals surface area (Å²) < 4.78 is 33.4. The zero-order chi connectivity index (χ0) is 11.5. The molecule has 6 heteroatoms. The molecule has 0 spiro atoms. The summed E-state index contributed by atoms with van der Waals surface area (Å²) in [6, 6.07) is 4.95. The third-order valence-electron chi connectivity index (χ3n) is 1.60. The van der Waals surface area contributed by atoms with Crippen LogP contribution in [-0.4, -0.2) is 14.3 Å². The van der Waals surface area contributed by atoms with Crippen LogP contribution in [-0.2, 0) is 15.0 Å². The number of primary amides is 1. The van der Waals surface area contributed by atoms with Crippen molar-refractivity contribution in [3.05, 3.63) is 35.9 Å². The topological polar surface area (TPSA) is 77.2 Å². The lowest BCUT2D eigenvalue weighted by molar-refractivity contribution is -0.113. The van der Waals surface area contributed by atoms with Crippen molar-refractivity contribution in [3.8, 4) is 0 Å². The molecule has 0 radical (unpaired) electrons. The Morgan fingerprint density at radius 2 is 1.80 bits per heavy atom. The van der Waals surface area contributed by atoms with Gasteiger partial charge in [-0.3, -0.25) is 4.79 Å². The van der Waals surface area contributed by atoms with Crippen LogP contribution in [0.1, 0.15) is 5.56 Å². The van der Waals surface area contributed by atoms with Gasteiger partial charge in [0.1, 0.15) is 0 Å². The van der Waals surface area contributed by atoms with Gasteiger partial charge in [-0.1, -0.05) is 12.1 Å². The van der Waals surface area contributed by atoms with E-state index in [4.69, 9.17) is 5.73 Å². The first kappa shape index (κ1) is 11.4. The standard InChI is InChI=1S/C9H8FNO3S/c10-15(13,14)8-4-1-7(2-5-8)3-6-9(11)12/h1-6H,(H2,11,12). The molecule has 4 nitrogen and oxygen atoms in total. The summed E-state index contributed by atoms with van der Waals surface area (Å²) in [5, 5.41) is 0. The molecule has 0 aliphatic carbocycles. The number of hydrogen-bond donors (Lipinski definition) is 1. The summed E-state index contributed by atoms with van der Waals surface area (Å²) >= 11 is 0. The Balaban J connectivity index is 2.96. The Kier molecular flexibility index (Phi) is 3.21. The molecule has 2 N–H and O–H groups in total. The van der Waals surface area contributed by atoms with Crippen LogP contribution in [0.2, 0.25) is 0 Å². The summed E-state index contributed by atoms with van der Waals surface area (Å²) in [6.07, 6.45) is 2.52. The molecule has 0 bridgehead atoms. The molecule has 1 aromatic rings. The summed E-state index contributed by atoms with van der Waals surface area (Å²) in [5.41, 5.74) is 5.41. The monoisotopic (exact) mass is 229 g/mol. The Labute approximate surface area is 86.4 Å². The van der Waals surface area contributed by atoms with Gasteiger partial charge in [0.25, 0.3) is 0 Å². The molecule has 15 heavy (non-hydrogen) atoms. The minimum absolute atomic E-state index is 0.418. The Hall–Kier alpha value is -1.69. The van der Waals surface area contributed by atoms with E-state index in [2.05, 4.69) is 0 Å². The Morgan fingerprint density at radius 1 is 1.27 bits per heavy atom. The van der Waals surface area contributed by atoms with Crippen molar-refractivity contribution in [1.82, 2.24) is 0 Å². The van der Waals surface area contributed by atoms with Crippen molar-refractivity contribution in [2.75, 3.05) is 0 Å². The number of amides is 1. The zero-order valence-electron chi connectivity index (χ0n) is 7.55. The second-order valence-corrected chi connectivity index (χ2v) is 4.09. The lowest BCUT2D eigenvalue weighted by atomic mass is 10.2. The van der Waals surface area contributed by atoms with E-state index in [0.717, 1.165) is 18.2 Å². The first-order chi connectivity index (χ1) is 6.89. The predicted molar refractivity (Wildman–Crippen MR) is 53.0 cm³/mol. The highest BCUT2D eigenvalue weighted by molar-refractivity contribution is 7.86. The quantitative estimate of drug-likeness (QED) is 0.616. The number of nitrogens with two attached hydrogens (primary N) is 1. The summed E-state index contributed by atoms with van der Waals surface area (Å²) in [5.74, 6) is -0.614. The van der Waals surface area contributed by atoms with E-state index >= 15 is 0 Å². The first-order valence-corrected chi connectivity index (χ1v) is 5.30. The minimum atomic E-state index is -4.67. The molecular formula is C9H8FNO3S. The SMILES string of the molecule is NC(=O)C=Cc1ccc(S(=O)(=O)F)cc1. The smallest absolute Gasteiger partial charge is 0.332 e. The van der Waals surface area contributed by atoms with Crippen LogP contribution in [0.5, 0.6) is 0 Å². The van der Waals surface area contributed by atoms with Gasteiger partial charge in [0.05, 0.1) is 4.90 Å². The van der Waals surface area contributed by atoms with Crippen LogP contribution < -0.4 is 5.73 Å². The highest BCUT2D eigenvalue weighted by atomic mass is 32.3. The summed E-state index contributed by atoms with van der Waals surface area (Å²) in [4.78, 5) is 9.96. The zero-order valence-corrected chi connectivity index (χ0v) is 8.37. The van der Waals surface area contributed by atoms with Crippen molar-refractivity contribution in [3.63, 3.8) is 0 Å². The molecule has 0 fully saturated rings. The average Bonchev–Trinajstić information content (AvgIpc) is 2.14. The first-order valence-electron chi connectivity index (χ1n) is 3.92. The molecule has 0 heterocycles. The molecule has 1 rings (SSSR count). The van der Waals surface area contributed by atoms with Gasteiger partial charge < -0.3 is 5.73 Å². The number of benzene rings is 1. The third kappa shape index (κ3) is 3.51. The van der Waals surface area contributed by atoms with Crippen molar-refractivity contribution in [1.29, 1.82) is 0 Å². The summed E-state index contributed by atoms with van der Waals surface area (Å²) in [6.45, 7) is 0.